The maximum Gasteiger partial charge on any atom is 0.255 e. The van der Waals surface area contributed by atoms with Gasteiger partial charge in [0.05, 0.1) is 12.1 Å². The predicted octanol–water partition coefficient (Wildman–Crippen LogP) is 4.66. The van der Waals surface area contributed by atoms with Gasteiger partial charge in [-0.3, -0.25) is 9.59 Å². The van der Waals surface area contributed by atoms with Crippen LogP contribution in [0.3, 0.4) is 0 Å². The largest absolute Gasteiger partial charge is 0.395 e. The number of carbonyl (C=O) groups is 2. The molecule has 3 aromatic carbocycles. The maximum absolute atomic E-state index is 12.7. The number of aliphatic hydroxyl groups is 1. The molecule has 2 amide bonds. The van der Waals surface area contributed by atoms with Crippen LogP contribution >= 0.6 is 0 Å². The van der Waals surface area contributed by atoms with Crippen molar-refractivity contribution in [2.45, 2.75) is 12.8 Å². The Hall–Kier alpha value is -4.10. The lowest BCUT2D eigenvalue weighted by atomic mass is 10.1. The molecule has 0 atom stereocenters. The zero-order valence-corrected chi connectivity index (χ0v) is 19.6. The maximum atomic E-state index is 12.7. The Bertz CT molecular complexity index is 1360. The molecule has 3 N–H and O–H groups in total. The Morgan fingerprint density at radius 2 is 1.66 bits per heavy atom. The van der Waals surface area contributed by atoms with Gasteiger partial charge in [0.25, 0.3) is 5.91 Å². The summed E-state index contributed by atoms with van der Waals surface area (Å²) in [5.74, 6) is 0.100. The number of amides is 2. The monoisotopic (exact) mass is 468 g/mol. The molecule has 7 nitrogen and oxygen atoms in total. The Morgan fingerprint density at radius 1 is 0.943 bits per heavy atom. The van der Waals surface area contributed by atoms with Crippen molar-refractivity contribution in [2.24, 2.45) is 5.92 Å². The standard InChI is InChI=1S/C28H28N4O3/c1-31(16-17-33)24-9-4-20(5-10-24)28(35)30-23-8-13-26-21(18-23)14-15-32(26)25-11-6-22(7-12-25)29-27(34)19-2-3-19/h4-15,18-19,33H,2-3,16-17H2,1H3,(H,29,34)(H,30,35). The Balaban J connectivity index is 1.28. The first-order valence-corrected chi connectivity index (χ1v) is 11.8. The third kappa shape index (κ3) is 5.05. The molecule has 4 aromatic rings. The molecule has 0 bridgehead atoms. The number of aromatic nitrogens is 1. The van der Waals surface area contributed by atoms with Crippen LogP contribution in [-0.2, 0) is 4.79 Å². The first-order valence-electron chi connectivity index (χ1n) is 11.8. The van der Waals surface area contributed by atoms with Crippen LogP contribution in [0.5, 0.6) is 0 Å². The van der Waals surface area contributed by atoms with E-state index < -0.39 is 0 Å². The van der Waals surface area contributed by atoms with Gasteiger partial charge in [0.2, 0.25) is 5.91 Å². The van der Waals surface area contributed by atoms with Gasteiger partial charge in [0.1, 0.15) is 0 Å². The number of nitrogens with one attached hydrogen (secondary N) is 2. The molecule has 1 fully saturated rings. The lowest BCUT2D eigenvalue weighted by Crippen LogP contribution is -2.21. The molecule has 5 rings (SSSR count). The third-order valence-electron chi connectivity index (χ3n) is 6.31. The van der Waals surface area contributed by atoms with Crippen LogP contribution in [0.2, 0.25) is 0 Å². The smallest absolute Gasteiger partial charge is 0.255 e. The van der Waals surface area contributed by atoms with Crippen molar-refractivity contribution >= 4 is 39.8 Å². The lowest BCUT2D eigenvalue weighted by Gasteiger charge is -2.18. The topological polar surface area (TPSA) is 86.6 Å². The number of nitrogens with zero attached hydrogens (tertiary/aromatic N) is 2. The van der Waals surface area contributed by atoms with Crippen LogP contribution < -0.4 is 15.5 Å². The van der Waals surface area contributed by atoms with Crippen LogP contribution in [0, 0.1) is 5.92 Å². The molecule has 0 radical (unpaired) electrons. The normalized spacial score (nSPS) is 13.0. The van der Waals surface area contributed by atoms with Crippen LogP contribution in [-0.4, -0.2) is 41.7 Å². The average molecular weight is 469 g/mol. The van der Waals surface area contributed by atoms with Crippen molar-refractivity contribution in [2.75, 3.05) is 35.7 Å². The van der Waals surface area contributed by atoms with E-state index in [0.717, 1.165) is 46.5 Å². The Kier molecular flexibility index (Phi) is 6.25. The molecular formula is C28H28N4O3. The molecule has 178 valence electrons. The molecule has 1 saturated carbocycles. The molecule has 35 heavy (non-hydrogen) atoms. The number of aliphatic hydroxyl groups excluding tert-OH is 1. The van der Waals surface area contributed by atoms with Crippen molar-refractivity contribution in [3.63, 3.8) is 0 Å². The highest BCUT2D eigenvalue weighted by Gasteiger charge is 2.29. The number of likely N-dealkylation sites (N-methyl/N-ethyl adjacent to an activating group) is 1. The number of anilines is 3. The zero-order chi connectivity index (χ0) is 24.4. The van der Waals surface area contributed by atoms with Gasteiger partial charge >= 0.3 is 0 Å². The highest BCUT2D eigenvalue weighted by atomic mass is 16.3. The van der Waals surface area contributed by atoms with Gasteiger partial charge in [-0.25, -0.2) is 0 Å². The summed E-state index contributed by atoms with van der Waals surface area (Å²) in [4.78, 5) is 26.6. The minimum absolute atomic E-state index is 0.0762. The molecule has 0 aliphatic heterocycles. The van der Waals surface area contributed by atoms with Crippen molar-refractivity contribution in [3.05, 3.63) is 84.6 Å². The van der Waals surface area contributed by atoms with Gasteiger partial charge in [-0.15, -0.1) is 0 Å². The summed E-state index contributed by atoms with van der Waals surface area (Å²) in [6.45, 7) is 0.610. The lowest BCUT2D eigenvalue weighted by molar-refractivity contribution is -0.117. The number of hydrogen-bond acceptors (Lipinski definition) is 4. The average Bonchev–Trinajstić information content (AvgIpc) is 3.65. The number of benzene rings is 3. The van der Waals surface area contributed by atoms with Gasteiger partial charge < -0.3 is 25.2 Å². The van der Waals surface area contributed by atoms with E-state index in [1.807, 2.05) is 78.8 Å². The first kappa shape index (κ1) is 22.7. The van der Waals surface area contributed by atoms with E-state index in [0.29, 0.717) is 12.1 Å². The van der Waals surface area contributed by atoms with Gasteiger partial charge in [-0.2, -0.15) is 0 Å². The Morgan fingerprint density at radius 3 is 2.34 bits per heavy atom. The second-order valence-corrected chi connectivity index (χ2v) is 8.92. The van der Waals surface area contributed by atoms with Gasteiger partial charge in [-0.1, -0.05) is 0 Å². The van der Waals surface area contributed by atoms with E-state index in [-0.39, 0.29) is 24.3 Å². The summed E-state index contributed by atoms with van der Waals surface area (Å²) in [7, 11) is 1.90. The van der Waals surface area contributed by atoms with E-state index in [1.165, 1.54) is 0 Å². The molecule has 1 aliphatic rings. The van der Waals surface area contributed by atoms with Crippen LogP contribution in [0.25, 0.3) is 16.6 Å². The van der Waals surface area contributed by atoms with E-state index in [1.54, 1.807) is 12.1 Å². The van der Waals surface area contributed by atoms with Crippen molar-refractivity contribution in [1.29, 1.82) is 0 Å². The molecule has 0 spiro atoms. The van der Waals surface area contributed by atoms with Gasteiger partial charge in [0, 0.05) is 59.4 Å². The fourth-order valence-corrected chi connectivity index (χ4v) is 4.09. The minimum atomic E-state index is -0.177. The van der Waals surface area contributed by atoms with Gasteiger partial charge in [-0.05, 0) is 85.6 Å². The summed E-state index contributed by atoms with van der Waals surface area (Å²) < 4.78 is 2.08. The molecule has 0 unspecified atom stereocenters. The molecule has 7 heteroatoms. The van der Waals surface area contributed by atoms with Crippen LogP contribution in [0.15, 0.2) is 79.0 Å². The Labute approximate surface area is 204 Å². The van der Waals surface area contributed by atoms with E-state index in [2.05, 4.69) is 15.2 Å². The summed E-state index contributed by atoms with van der Waals surface area (Å²) >= 11 is 0. The summed E-state index contributed by atoms with van der Waals surface area (Å²) in [5.41, 5.74) is 5.05. The second kappa shape index (κ2) is 9.64. The molecule has 1 aliphatic carbocycles. The molecular weight excluding hydrogens is 440 g/mol. The number of rotatable bonds is 8. The highest BCUT2D eigenvalue weighted by molar-refractivity contribution is 6.05. The van der Waals surface area contributed by atoms with Crippen molar-refractivity contribution in [1.82, 2.24) is 4.57 Å². The summed E-state index contributed by atoms with van der Waals surface area (Å²) in [5, 5.41) is 16.0. The quantitative estimate of drug-likeness (QED) is 0.351. The van der Waals surface area contributed by atoms with Crippen LogP contribution in [0.1, 0.15) is 23.2 Å². The van der Waals surface area contributed by atoms with E-state index >= 15 is 0 Å². The SMILES string of the molecule is CN(CCO)c1ccc(C(=O)Nc2ccc3c(ccn3-c3ccc(NC(=O)C4CC4)cc3)c2)cc1. The van der Waals surface area contributed by atoms with Gasteiger partial charge in [0.15, 0.2) is 0 Å². The van der Waals surface area contributed by atoms with Crippen LogP contribution in [0.4, 0.5) is 17.1 Å². The predicted molar refractivity (Wildman–Crippen MR) is 139 cm³/mol. The highest BCUT2D eigenvalue weighted by Crippen LogP contribution is 2.30. The molecule has 1 heterocycles. The van der Waals surface area contributed by atoms with Crippen molar-refractivity contribution < 1.29 is 14.7 Å². The molecule has 0 saturated heterocycles. The van der Waals surface area contributed by atoms with E-state index in [9.17, 15) is 9.59 Å². The fourth-order valence-electron chi connectivity index (χ4n) is 4.09. The first-order chi connectivity index (χ1) is 17.0. The fraction of sp³-hybridized carbons (Fsp3) is 0.214. The third-order valence-corrected chi connectivity index (χ3v) is 6.31. The summed E-state index contributed by atoms with van der Waals surface area (Å²) in [6, 6.07) is 23.0. The summed E-state index contributed by atoms with van der Waals surface area (Å²) in [6.07, 6.45) is 3.96. The number of hydrogen-bond donors (Lipinski definition) is 3. The zero-order valence-electron chi connectivity index (χ0n) is 19.6. The number of fused-ring (bicyclic) bond motifs is 1. The second-order valence-electron chi connectivity index (χ2n) is 8.92. The molecule has 1 aromatic heterocycles. The van der Waals surface area contributed by atoms with Crippen molar-refractivity contribution in [3.8, 4) is 5.69 Å². The van der Waals surface area contributed by atoms with E-state index in [4.69, 9.17) is 5.11 Å². The minimum Gasteiger partial charge on any atom is -0.395 e. The number of carbonyl (C=O) groups excluding carboxylic acids is 2.